The second-order valence-electron chi connectivity index (χ2n) is 2.32. The molecule has 1 rings (SSSR count). The van der Waals surface area contributed by atoms with E-state index in [1.54, 1.807) is 6.08 Å². The third-order valence-corrected chi connectivity index (χ3v) is 1.43. The van der Waals surface area contributed by atoms with Crippen LogP contribution < -0.4 is 5.32 Å². The van der Waals surface area contributed by atoms with Gasteiger partial charge in [-0.15, -0.1) is 6.58 Å². The Labute approximate surface area is 49.2 Å². The largest absolute Gasteiger partial charge is 0.387 e. The molecule has 1 aliphatic rings. The molecule has 46 valence electrons. The third kappa shape index (κ3) is 0.904. The smallest absolute Gasteiger partial charge is 0.0929 e. The summed E-state index contributed by atoms with van der Waals surface area (Å²) in [5.41, 5.74) is -0.457. The van der Waals surface area contributed by atoms with Crippen LogP contribution in [0.5, 0.6) is 0 Å². The molecule has 0 bridgehead atoms. The molecule has 2 nitrogen and oxygen atoms in total. The van der Waals surface area contributed by atoms with Gasteiger partial charge in [0.25, 0.3) is 0 Å². The summed E-state index contributed by atoms with van der Waals surface area (Å²) in [5.74, 6) is 0. The van der Waals surface area contributed by atoms with Gasteiger partial charge in [0.05, 0.1) is 5.60 Å². The Morgan fingerprint density at radius 3 is 2.50 bits per heavy atom. The van der Waals surface area contributed by atoms with E-state index in [-0.39, 0.29) is 0 Å². The highest BCUT2D eigenvalue weighted by atomic mass is 16.3. The molecule has 0 aromatic rings. The SMILES string of the molecule is C=CCC1(O)CNC1. The van der Waals surface area contributed by atoms with E-state index in [1.165, 1.54) is 0 Å². The average Bonchev–Trinajstić information content (AvgIpc) is 1.64. The van der Waals surface area contributed by atoms with Crippen LogP contribution in [-0.4, -0.2) is 23.8 Å². The van der Waals surface area contributed by atoms with Gasteiger partial charge in [-0.05, 0) is 6.42 Å². The van der Waals surface area contributed by atoms with Crippen LogP contribution in [0.15, 0.2) is 12.7 Å². The normalized spacial score (nSPS) is 24.1. The van der Waals surface area contributed by atoms with Crippen molar-refractivity contribution in [2.75, 3.05) is 13.1 Å². The number of hydrogen-bond donors (Lipinski definition) is 2. The Balaban J connectivity index is 2.29. The Hall–Kier alpha value is -0.340. The average molecular weight is 113 g/mol. The lowest BCUT2D eigenvalue weighted by Crippen LogP contribution is -2.58. The van der Waals surface area contributed by atoms with Crippen molar-refractivity contribution in [2.45, 2.75) is 12.0 Å². The first-order chi connectivity index (χ1) is 3.77. The quantitative estimate of drug-likeness (QED) is 0.490. The van der Waals surface area contributed by atoms with E-state index in [0.717, 1.165) is 13.1 Å². The van der Waals surface area contributed by atoms with Crippen LogP contribution in [0.2, 0.25) is 0 Å². The number of hydrogen-bond acceptors (Lipinski definition) is 2. The molecule has 0 spiro atoms. The number of rotatable bonds is 2. The molecule has 1 aliphatic heterocycles. The van der Waals surface area contributed by atoms with Crippen LogP contribution in [0.1, 0.15) is 6.42 Å². The van der Waals surface area contributed by atoms with E-state index in [4.69, 9.17) is 0 Å². The second-order valence-corrected chi connectivity index (χ2v) is 2.32. The predicted molar refractivity (Wildman–Crippen MR) is 32.6 cm³/mol. The zero-order valence-electron chi connectivity index (χ0n) is 4.85. The van der Waals surface area contributed by atoms with Crippen molar-refractivity contribution in [3.63, 3.8) is 0 Å². The van der Waals surface area contributed by atoms with Crippen molar-refractivity contribution in [3.8, 4) is 0 Å². The maximum absolute atomic E-state index is 9.28. The summed E-state index contributed by atoms with van der Waals surface area (Å²) in [6.07, 6.45) is 2.46. The molecule has 0 atom stereocenters. The highest BCUT2D eigenvalue weighted by Crippen LogP contribution is 2.14. The first-order valence-electron chi connectivity index (χ1n) is 2.81. The standard InChI is InChI=1S/C6H11NO/c1-2-3-6(8)4-7-5-6/h2,7-8H,1,3-5H2. The second kappa shape index (κ2) is 1.88. The van der Waals surface area contributed by atoms with Crippen LogP contribution in [0.25, 0.3) is 0 Å². The van der Waals surface area contributed by atoms with Crippen LogP contribution in [0.3, 0.4) is 0 Å². The highest BCUT2D eigenvalue weighted by Gasteiger charge is 2.32. The number of nitrogens with one attached hydrogen (secondary N) is 1. The molecular formula is C6H11NO. The Bertz CT molecular complexity index is 96.7. The first-order valence-corrected chi connectivity index (χ1v) is 2.81. The summed E-state index contributed by atoms with van der Waals surface area (Å²) >= 11 is 0. The van der Waals surface area contributed by atoms with Crippen molar-refractivity contribution in [1.29, 1.82) is 0 Å². The zero-order valence-corrected chi connectivity index (χ0v) is 4.85. The van der Waals surface area contributed by atoms with Gasteiger partial charge in [-0.3, -0.25) is 0 Å². The molecule has 0 aromatic heterocycles. The fourth-order valence-corrected chi connectivity index (χ4v) is 0.827. The van der Waals surface area contributed by atoms with Crippen LogP contribution in [0.4, 0.5) is 0 Å². The summed E-state index contributed by atoms with van der Waals surface area (Å²) in [6, 6.07) is 0. The summed E-state index contributed by atoms with van der Waals surface area (Å²) < 4.78 is 0. The van der Waals surface area contributed by atoms with Crippen LogP contribution in [-0.2, 0) is 0 Å². The highest BCUT2D eigenvalue weighted by molar-refractivity contribution is 4.96. The Kier molecular flexibility index (Phi) is 1.36. The monoisotopic (exact) mass is 113 g/mol. The van der Waals surface area contributed by atoms with Gasteiger partial charge in [-0.25, -0.2) is 0 Å². The van der Waals surface area contributed by atoms with Crippen molar-refractivity contribution in [3.05, 3.63) is 12.7 Å². The van der Waals surface area contributed by atoms with E-state index >= 15 is 0 Å². The van der Waals surface area contributed by atoms with Gasteiger partial charge in [0.2, 0.25) is 0 Å². The lowest BCUT2D eigenvalue weighted by atomic mass is 9.93. The van der Waals surface area contributed by atoms with Crippen LogP contribution >= 0.6 is 0 Å². The van der Waals surface area contributed by atoms with Crippen molar-refractivity contribution < 1.29 is 5.11 Å². The molecule has 1 heterocycles. The minimum atomic E-state index is -0.457. The minimum Gasteiger partial charge on any atom is -0.387 e. The third-order valence-electron chi connectivity index (χ3n) is 1.43. The van der Waals surface area contributed by atoms with Gasteiger partial charge < -0.3 is 10.4 Å². The van der Waals surface area contributed by atoms with E-state index in [0.29, 0.717) is 6.42 Å². The summed E-state index contributed by atoms with van der Waals surface area (Å²) in [4.78, 5) is 0. The van der Waals surface area contributed by atoms with E-state index in [1.807, 2.05) is 0 Å². The molecule has 0 aliphatic carbocycles. The molecule has 2 heteroatoms. The fraction of sp³-hybridized carbons (Fsp3) is 0.667. The molecule has 1 saturated heterocycles. The molecule has 0 saturated carbocycles. The van der Waals surface area contributed by atoms with E-state index in [9.17, 15) is 5.11 Å². The Morgan fingerprint density at radius 2 is 2.38 bits per heavy atom. The maximum atomic E-state index is 9.28. The summed E-state index contributed by atoms with van der Waals surface area (Å²) in [6.45, 7) is 4.98. The summed E-state index contributed by atoms with van der Waals surface area (Å²) in [7, 11) is 0. The van der Waals surface area contributed by atoms with Gasteiger partial charge in [0, 0.05) is 13.1 Å². The minimum absolute atomic E-state index is 0.457. The number of β-amino-alcohol motifs (C(OH)–C–C–N with tert-alkyl or cyclic N) is 1. The lowest BCUT2D eigenvalue weighted by molar-refractivity contribution is -0.00652. The molecule has 0 aromatic carbocycles. The van der Waals surface area contributed by atoms with Gasteiger partial charge in [0.1, 0.15) is 0 Å². The topological polar surface area (TPSA) is 32.3 Å². The van der Waals surface area contributed by atoms with E-state index < -0.39 is 5.60 Å². The Morgan fingerprint density at radius 1 is 1.75 bits per heavy atom. The van der Waals surface area contributed by atoms with Crippen molar-refractivity contribution >= 4 is 0 Å². The molecule has 2 N–H and O–H groups in total. The van der Waals surface area contributed by atoms with Gasteiger partial charge in [-0.1, -0.05) is 6.08 Å². The molecule has 1 fully saturated rings. The lowest BCUT2D eigenvalue weighted by Gasteiger charge is -2.36. The molecule has 8 heavy (non-hydrogen) atoms. The molecule has 0 radical (unpaired) electrons. The van der Waals surface area contributed by atoms with Gasteiger partial charge in [0.15, 0.2) is 0 Å². The van der Waals surface area contributed by atoms with Crippen LogP contribution in [0, 0.1) is 0 Å². The molecule has 0 unspecified atom stereocenters. The fourth-order valence-electron chi connectivity index (χ4n) is 0.827. The summed E-state index contributed by atoms with van der Waals surface area (Å²) in [5, 5.41) is 12.3. The molecular weight excluding hydrogens is 102 g/mol. The maximum Gasteiger partial charge on any atom is 0.0929 e. The first kappa shape index (κ1) is 5.79. The van der Waals surface area contributed by atoms with Gasteiger partial charge >= 0.3 is 0 Å². The van der Waals surface area contributed by atoms with E-state index in [2.05, 4.69) is 11.9 Å². The zero-order chi connectivity index (χ0) is 6.04. The van der Waals surface area contributed by atoms with Crippen molar-refractivity contribution in [1.82, 2.24) is 5.32 Å². The molecule has 0 amide bonds. The number of aliphatic hydroxyl groups is 1. The predicted octanol–water partition coefficient (Wildman–Crippen LogP) is -0.103. The van der Waals surface area contributed by atoms with Gasteiger partial charge in [-0.2, -0.15) is 0 Å². The van der Waals surface area contributed by atoms with Crippen molar-refractivity contribution in [2.24, 2.45) is 0 Å².